The van der Waals surface area contributed by atoms with E-state index < -0.39 is 5.82 Å². The molecule has 0 atom stereocenters. The Kier molecular flexibility index (Phi) is 3.15. The number of aryl methyl sites for hydroxylation is 1. The quantitative estimate of drug-likeness (QED) is 0.712. The Balaban J connectivity index is 2.29. The number of nitrogens with zero attached hydrogens (tertiary/aromatic N) is 2. The molecule has 0 aliphatic carbocycles. The number of hydrogen-bond donors (Lipinski definition) is 3. The lowest BCUT2D eigenvalue weighted by Gasteiger charge is -2.11. The third-order valence-electron chi connectivity index (χ3n) is 2.24. The molecule has 2 aromatic heterocycles. The van der Waals surface area contributed by atoms with E-state index in [1.54, 1.807) is 19.2 Å². The summed E-state index contributed by atoms with van der Waals surface area (Å²) in [5.74, 6) is 0.0791. The van der Waals surface area contributed by atoms with Crippen LogP contribution in [0, 0.1) is 12.7 Å². The first-order valence-corrected chi connectivity index (χ1v) is 4.95. The van der Waals surface area contributed by atoms with Crippen LogP contribution in [0.15, 0.2) is 30.6 Å². The minimum Gasteiger partial charge on any atom is -0.338 e. The molecule has 0 saturated heterocycles. The van der Waals surface area contributed by atoms with Crippen LogP contribution in [-0.2, 0) is 0 Å². The van der Waals surface area contributed by atoms with Crippen molar-refractivity contribution in [1.82, 2.24) is 9.97 Å². The standard InChI is InChI=1S/C11H11FN4O/c1-7-11(16-17)9(4-5-13-7)15-10-3-2-8(12)6-14-10/h2-6,16-17H,1H3,(H,13,14,15). The molecule has 0 unspecified atom stereocenters. The average molecular weight is 234 g/mol. The predicted octanol–water partition coefficient (Wildman–Crippen LogP) is 2.47. The fourth-order valence-electron chi connectivity index (χ4n) is 1.40. The maximum Gasteiger partial charge on any atom is 0.141 e. The van der Waals surface area contributed by atoms with Crippen molar-refractivity contribution in [2.45, 2.75) is 6.92 Å². The molecule has 0 radical (unpaired) electrons. The number of pyridine rings is 2. The Morgan fingerprint density at radius 2 is 2.06 bits per heavy atom. The molecule has 2 aromatic rings. The molecule has 2 heterocycles. The van der Waals surface area contributed by atoms with Crippen LogP contribution in [0.25, 0.3) is 0 Å². The Bertz CT molecular complexity index is 515. The van der Waals surface area contributed by atoms with Crippen molar-refractivity contribution < 1.29 is 9.60 Å². The van der Waals surface area contributed by atoms with Gasteiger partial charge in [-0.15, -0.1) is 0 Å². The fourth-order valence-corrected chi connectivity index (χ4v) is 1.40. The molecular weight excluding hydrogens is 223 g/mol. The summed E-state index contributed by atoms with van der Waals surface area (Å²) < 4.78 is 12.7. The Labute approximate surface area is 97.3 Å². The van der Waals surface area contributed by atoms with E-state index in [0.29, 0.717) is 22.9 Å². The summed E-state index contributed by atoms with van der Waals surface area (Å²) in [6.07, 6.45) is 2.71. The lowest BCUT2D eigenvalue weighted by atomic mass is 10.2. The van der Waals surface area contributed by atoms with Crippen LogP contribution < -0.4 is 10.8 Å². The summed E-state index contributed by atoms with van der Waals surface area (Å²) in [6, 6.07) is 4.48. The van der Waals surface area contributed by atoms with Gasteiger partial charge in [-0.1, -0.05) is 0 Å². The zero-order chi connectivity index (χ0) is 12.3. The van der Waals surface area contributed by atoms with Crippen LogP contribution in [0.5, 0.6) is 0 Å². The van der Waals surface area contributed by atoms with E-state index in [2.05, 4.69) is 20.8 Å². The highest BCUT2D eigenvalue weighted by molar-refractivity contribution is 5.73. The van der Waals surface area contributed by atoms with Crippen molar-refractivity contribution in [3.63, 3.8) is 0 Å². The molecule has 6 heteroatoms. The van der Waals surface area contributed by atoms with Gasteiger partial charge >= 0.3 is 0 Å². The van der Waals surface area contributed by atoms with Gasteiger partial charge in [-0.25, -0.2) is 9.37 Å². The highest BCUT2D eigenvalue weighted by Crippen LogP contribution is 2.25. The van der Waals surface area contributed by atoms with Crippen LogP contribution >= 0.6 is 0 Å². The maximum absolute atomic E-state index is 12.7. The van der Waals surface area contributed by atoms with Crippen molar-refractivity contribution >= 4 is 17.2 Å². The molecule has 2 rings (SSSR count). The number of rotatable bonds is 3. The van der Waals surface area contributed by atoms with Gasteiger partial charge in [0, 0.05) is 6.20 Å². The number of hydrogen-bond acceptors (Lipinski definition) is 5. The van der Waals surface area contributed by atoms with Crippen LogP contribution in [0.2, 0.25) is 0 Å². The summed E-state index contributed by atoms with van der Waals surface area (Å²) >= 11 is 0. The second-order valence-electron chi connectivity index (χ2n) is 3.42. The van der Waals surface area contributed by atoms with Crippen LogP contribution in [0.3, 0.4) is 0 Å². The van der Waals surface area contributed by atoms with E-state index in [9.17, 15) is 4.39 Å². The van der Waals surface area contributed by atoms with Crippen molar-refractivity contribution in [1.29, 1.82) is 0 Å². The predicted molar refractivity (Wildman–Crippen MR) is 61.9 cm³/mol. The van der Waals surface area contributed by atoms with Crippen molar-refractivity contribution in [2.75, 3.05) is 10.8 Å². The van der Waals surface area contributed by atoms with Gasteiger partial charge < -0.3 is 5.32 Å². The molecule has 0 aliphatic heterocycles. The monoisotopic (exact) mass is 234 g/mol. The van der Waals surface area contributed by atoms with E-state index in [4.69, 9.17) is 5.21 Å². The molecule has 0 amide bonds. The first-order chi connectivity index (χ1) is 8.20. The Hall–Kier alpha value is -2.21. The second-order valence-corrected chi connectivity index (χ2v) is 3.42. The summed E-state index contributed by atoms with van der Waals surface area (Å²) in [4.78, 5) is 7.89. The lowest BCUT2D eigenvalue weighted by Crippen LogP contribution is -2.02. The van der Waals surface area contributed by atoms with E-state index in [1.165, 1.54) is 12.1 Å². The lowest BCUT2D eigenvalue weighted by molar-refractivity contribution is 0.388. The molecule has 0 spiro atoms. The Morgan fingerprint density at radius 3 is 2.71 bits per heavy atom. The van der Waals surface area contributed by atoms with Crippen molar-refractivity contribution in [3.05, 3.63) is 42.1 Å². The smallest absolute Gasteiger partial charge is 0.141 e. The summed E-state index contributed by atoms with van der Waals surface area (Å²) in [6.45, 7) is 1.75. The molecule has 0 saturated carbocycles. The van der Waals surface area contributed by atoms with Gasteiger partial charge in [-0.3, -0.25) is 15.7 Å². The number of halogens is 1. The van der Waals surface area contributed by atoms with Crippen LogP contribution in [-0.4, -0.2) is 15.2 Å². The van der Waals surface area contributed by atoms with E-state index >= 15 is 0 Å². The topological polar surface area (TPSA) is 70.1 Å². The minimum atomic E-state index is -0.401. The first kappa shape index (κ1) is 11.3. The highest BCUT2D eigenvalue weighted by atomic mass is 19.1. The van der Waals surface area contributed by atoms with Gasteiger partial charge in [0.2, 0.25) is 0 Å². The Morgan fingerprint density at radius 1 is 1.24 bits per heavy atom. The van der Waals surface area contributed by atoms with Crippen LogP contribution in [0.1, 0.15) is 5.69 Å². The molecule has 0 aromatic carbocycles. The number of nitrogens with one attached hydrogen (secondary N) is 2. The van der Waals surface area contributed by atoms with Gasteiger partial charge in [-0.05, 0) is 25.1 Å². The molecule has 0 bridgehead atoms. The first-order valence-electron chi connectivity index (χ1n) is 4.95. The fraction of sp³-hybridized carbons (Fsp3) is 0.0909. The summed E-state index contributed by atoms with van der Waals surface area (Å²) in [7, 11) is 0. The molecule has 5 nitrogen and oxygen atoms in total. The molecule has 0 fully saturated rings. The van der Waals surface area contributed by atoms with Gasteiger partial charge in [0.1, 0.15) is 17.3 Å². The molecule has 88 valence electrons. The molecular formula is C11H11FN4O. The van der Waals surface area contributed by atoms with E-state index in [-0.39, 0.29) is 0 Å². The van der Waals surface area contributed by atoms with E-state index in [1.807, 2.05) is 0 Å². The van der Waals surface area contributed by atoms with Crippen LogP contribution in [0.4, 0.5) is 21.6 Å². The van der Waals surface area contributed by atoms with Crippen molar-refractivity contribution in [2.24, 2.45) is 0 Å². The third kappa shape index (κ3) is 2.48. The normalized spacial score (nSPS) is 10.1. The second kappa shape index (κ2) is 4.75. The zero-order valence-electron chi connectivity index (χ0n) is 9.11. The molecule has 3 N–H and O–H groups in total. The largest absolute Gasteiger partial charge is 0.338 e. The minimum absolute atomic E-state index is 0.401. The van der Waals surface area contributed by atoms with Gasteiger partial charge in [0.05, 0.1) is 17.6 Å². The molecule has 0 aliphatic rings. The number of aromatic nitrogens is 2. The van der Waals surface area contributed by atoms with Gasteiger partial charge in [0.15, 0.2) is 0 Å². The summed E-state index contributed by atoms with van der Waals surface area (Å²) in [5.41, 5.74) is 3.77. The SMILES string of the molecule is Cc1nccc(Nc2ccc(F)cn2)c1NO. The van der Waals surface area contributed by atoms with E-state index in [0.717, 1.165) is 6.20 Å². The molecule has 17 heavy (non-hydrogen) atoms. The highest BCUT2D eigenvalue weighted by Gasteiger charge is 2.06. The van der Waals surface area contributed by atoms with Gasteiger partial charge in [0.25, 0.3) is 0 Å². The van der Waals surface area contributed by atoms with Crippen molar-refractivity contribution in [3.8, 4) is 0 Å². The third-order valence-corrected chi connectivity index (χ3v) is 2.24. The number of anilines is 3. The average Bonchev–Trinajstić information content (AvgIpc) is 2.32. The summed E-state index contributed by atoms with van der Waals surface area (Å²) in [5, 5.41) is 12.0. The van der Waals surface area contributed by atoms with Gasteiger partial charge in [-0.2, -0.15) is 0 Å². The zero-order valence-corrected chi connectivity index (χ0v) is 9.11. The maximum atomic E-state index is 12.7.